The highest BCUT2D eigenvalue weighted by molar-refractivity contribution is 7.80. The molecule has 0 aliphatic rings. The number of thiocarbonyl (C=S) groups is 1. The number of benzene rings is 3. The smallest absolute Gasteiger partial charge is 0.257 e. The molecule has 1 heterocycles. The van der Waals surface area contributed by atoms with Gasteiger partial charge < -0.3 is 14.8 Å². The quantitative estimate of drug-likeness (QED) is 0.376. The van der Waals surface area contributed by atoms with Crippen LogP contribution >= 0.6 is 12.2 Å². The van der Waals surface area contributed by atoms with E-state index in [-0.39, 0.29) is 11.0 Å². The van der Waals surface area contributed by atoms with Crippen molar-refractivity contribution in [2.45, 2.75) is 20.3 Å². The highest BCUT2D eigenvalue weighted by Gasteiger charge is 2.12. The van der Waals surface area contributed by atoms with Crippen molar-refractivity contribution in [3.63, 3.8) is 0 Å². The molecule has 4 aromatic rings. The van der Waals surface area contributed by atoms with Crippen LogP contribution in [0.2, 0.25) is 0 Å². The molecule has 2 N–H and O–H groups in total. The molecule has 4 rings (SSSR count). The fourth-order valence-corrected chi connectivity index (χ4v) is 3.51. The number of carbonyl (C=O) groups is 1. The van der Waals surface area contributed by atoms with Crippen molar-refractivity contribution in [3.8, 4) is 17.2 Å². The summed E-state index contributed by atoms with van der Waals surface area (Å²) in [6, 6.07) is 18.3. The third-order valence-electron chi connectivity index (χ3n) is 5.07. The van der Waals surface area contributed by atoms with E-state index in [2.05, 4.69) is 20.8 Å². The predicted octanol–water partition coefficient (Wildman–Crippen LogP) is 4.65. The third-order valence-corrected chi connectivity index (χ3v) is 5.28. The van der Waals surface area contributed by atoms with E-state index in [0.717, 1.165) is 34.6 Å². The highest BCUT2D eigenvalue weighted by atomic mass is 32.1. The molecule has 0 aliphatic carbocycles. The Bertz CT molecular complexity index is 1330. The van der Waals surface area contributed by atoms with Crippen LogP contribution in [0.4, 0.5) is 5.69 Å². The summed E-state index contributed by atoms with van der Waals surface area (Å²) in [7, 11) is 1.62. The number of anilines is 1. The number of hydrogen-bond acceptors (Lipinski definition) is 6. The van der Waals surface area contributed by atoms with Crippen molar-refractivity contribution >= 4 is 40.0 Å². The summed E-state index contributed by atoms with van der Waals surface area (Å²) in [5, 5.41) is 15.1. The number of fused-ring (bicyclic) bond motifs is 1. The van der Waals surface area contributed by atoms with Crippen molar-refractivity contribution in [3.05, 3.63) is 71.8 Å². The molecular formula is C25H25N5O3S. The normalized spacial score (nSPS) is 10.7. The molecule has 1 aromatic heterocycles. The standard InChI is InChI=1S/C25H25N5O3S/c1-4-12-33-20-7-5-6-17(14-20)24(31)27-25(34)26-21-15-23-22(13-16(21)2)28-30(29-23)18-8-10-19(32-3)11-9-18/h5-11,13-15H,4,12H2,1-3H3,(H2,26,27,31,34). The summed E-state index contributed by atoms with van der Waals surface area (Å²) < 4.78 is 10.8. The van der Waals surface area contributed by atoms with E-state index in [0.29, 0.717) is 23.4 Å². The molecule has 0 atom stereocenters. The number of aromatic nitrogens is 3. The van der Waals surface area contributed by atoms with Crippen LogP contribution in [0, 0.1) is 6.92 Å². The number of nitrogens with zero attached hydrogens (tertiary/aromatic N) is 3. The van der Waals surface area contributed by atoms with E-state index in [1.54, 1.807) is 30.1 Å². The molecule has 34 heavy (non-hydrogen) atoms. The van der Waals surface area contributed by atoms with Crippen molar-refractivity contribution in [1.29, 1.82) is 0 Å². The highest BCUT2D eigenvalue weighted by Crippen LogP contribution is 2.23. The van der Waals surface area contributed by atoms with Gasteiger partial charge in [0.1, 0.15) is 22.5 Å². The minimum atomic E-state index is -0.316. The molecule has 1 amide bonds. The first-order valence-electron chi connectivity index (χ1n) is 10.8. The van der Waals surface area contributed by atoms with Gasteiger partial charge in [-0.1, -0.05) is 13.0 Å². The summed E-state index contributed by atoms with van der Waals surface area (Å²) in [6.07, 6.45) is 0.891. The second kappa shape index (κ2) is 10.3. The Balaban J connectivity index is 1.47. The molecule has 0 fully saturated rings. The predicted molar refractivity (Wildman–Crippen MR) is 136 cm³/mol. The van der Waals surface area contributed by atoms with Gasteiger partial charge in [0.05, 0.1) is 19.4 Å². The van der Waals surface area contributed by atoms with Gasteiger partial charge in [-0.05, 0) is 85.7 Å². The zero-order valence-corrected chi connectivity index (χ0v) is 20.0. The summed E-state index contributed by atoms with van der Waals surface area (Å²) in [6.45, 7) is 4.56. The lowest BCUT2D eigenvalue weighted by molar-refractivity contribution is 0.0977. The maximum Gasteiger partial charge on any atom is 0.257 e. The second-order valence-electron chi connectivity index (χ2n) is 7.63. The SMILES string of the molecule is CCCOc1cccc(C(=O)NC(=S)Nc2cc3nn(-c4ccc(OC)cc4)nc3cc2C)c1. The van der Waals surface area contributed by atoms with Crippen molar-refractivity contribution in [2.24, 2.45) is 0 Å². The largest absolute Gasteiger partial charge is 0.497 e. The summed E-state index contributed by atoms with van der Waals surface area (Å²) in [5.41, 5.74) is 4.38. The molecule has 0 unspecified atom stereocenters. The molecule has 0 saturated carbocycles. The Morgan fingerprint density at radius 1 is 1.03 bits per heavy atom. The van der Waals surface area contributed by atoms with Crippen LogP contribution in [0.15, 0.2) is 60.7 Å². The van der Waals surface area contributed by atoms with Crippen LogP contribution in [0.25, 0.3) is 16.7 Å². The first-order chi connectivity index (χ1) is 16.5. The molecule has 0 radical (unpaired) electrons. The minimum absolute atomic E-state index is 0.190. The van der Waals surface area contributed by atoms with Crippen molar-refractivity contribution in [1.82, 2.24) is 20.3 Å². The third kappa shape index (κ3) is 5.32. The number of methoxy groups -OCH3 is 1. The van der Waals surface area contributed by atoms with Gasteiger partial charge in [-0.25, -0.2) is 0 Å². The minimum Gasteiger partial charge on any atom is -0.497 e. The Hall–Kier alpha value is -3.98. The second-order valence-corrected chi connectivity index (χ2v) is 8.04. The topological polar surface area (TPSA) is 90.3 Å². The summed E-state index contributed by atoms with van der Waals surface area (Å²) in [5.74, 6) is 1.09. The Morgan fingerprint density at radius 2 is 1.76 bits per heavy atom. The van der Waals surface area contributed by atoms with E-state index in [1.165, 1.54) is 0 Å². The number of hydrogen-bond donors (Lipinski definition) is 2. The molecule has 3 aromatic carbocycles. The van der Waals surface area contributed by atoms with E-state index < -0.39 is 0 Å². The Kier molecular flexibility index (Phi) is 7.03. The van der Waals surface area contributed by atoms with Crippen molar-refractivity contribution < 1.29 is 14.3 Å². The fraction of sp³-hybridized carbons (Fsp3) is 0.200. The van der Waals surface area contributed by atoms with Gasteiger partial charge in [-0.3, -0.25) is 10.1 Å². The average molecular weight is 476 g/mol. The first kappa shape index (κ1) is 23.2. The number of aryl methyl sites for hydroxylation is 1. The molecule has 9 heteroatoms. The zero-order valence-electron chi connectivity index (χ0n) is 19.2. The Morgan fingerprint density at radius 3 is 2.47 bits per heavy atom. The number of rotatable bonds is 7. The molecule has 8 nitrogen and oxygen atoms in total. The lowest BCUT2D eigenvalue weighted by atomic mass is 10.2. The number of amides is 1. The van der Waals surface area contributed by atoms with E-state index in [4.69, 9.17) is 21.7 Å². The molecule has 0 saturated heterocycles. The van der Waals surface area contributed by atoms with Gasteiger partial charge in [0.2, 0.25) is 0 Å². The van der Waals surface area contributed by atoms with Gasteiger partial charge in [0, 0.05) is 11.3 Å². The van der Waals surface area contributed by atoms with E-state index in [1.807, 2.05) is 56.3 Å². The molecular weight excluding hydrogens is 450 g/mol. The fourth-order valence-electron chi connectivity index (χ4n) is 3.31. The monoisotopic (exact) mass is 475 g/mol. The van der Waals surface area contributed by atoms with Gasteiger partial charge in [0.25, 0.3) is 5.91 Å². The lowest BCUT2D eigenvalue weighted by Crippen LogP contribution is -2.34. The number of carbonyl (C=O) groups excluding carboxylic acids is 1. The maximum atomic E-state index is 12.6. The zero-order chi connectivity index (χ0) is 24.1. The molecule has 0 spiro atoms. The summed E-state index contributed by atoms with van der Waals surface area (Å²) >= 11 is 5.38. The van der Waals surface area contributed by atoms with E-state index >= 15 is 0 Å². The van der Waals surface area contributed by atoms with Crippen LogP contribution < -0.4 is 20.1 Å². The molecule has 174 valence electrons. The molecule has 0 bridgehead atoms. The summed E-state index contributed by atoms with van der Waals surface area (Å²) in [4.78, 5) is 14.2. The van der Waals surface area contributed by atoms with Gasteiger partial charge in [-0.2, -0.15) is 4.80 Å². The van der Waals surface area contributed by atoms with Gasteiger partial charge in [-0.15, -0.1) is 10.2 Å². The first-order valence-corrected chi connectivity index (χ1v) is 11.2. The van der Waals surface area contributed by atoms with Crippen molar-refractivity contribution in [2.75, 3.05) is 19.0 Å². The van der Waals surface area contributed by atoms with Gasteiger partial charge >= 0.3 is 0 Å². The van der Waals surface area contributed by atoms with Crippen LogP contribution in [0.1, 0.15) is 29.3 Å². The van der Waals surface area contributed by atoms with Gasteiger partial charge in [0.15, 0.2) is 5.11 Å². The molecule has 0 aliphatic heterocycles. The van der Waals surface area contributed by atoms with Crippen LogP contribution in [-0.2, 0) is 0 Å². The average Bonchev–Trinajstić information content (AvgIpc) is 3.25. The van der Waals surface area contributed by atoms with Crippen LogP contribution in [0.5, 0.6) is 11.5 Å². The lowest BCUT2D eigenvalue weighted by Gasteiger charge is -2.12. The number of nitrogens with one attached hydrogen (secondary N) is 2. The van der Waals surface area contributed by atoms with Crippen LogP contribution in [-0.4, -0.2) is 39.7 Å². The van der Waals surface area contributed by atoms with Crippen LogP contribution in [0.3, 0.4) is 0 Å². The van der Waals surface area contributed by atoms with E-state index in [9.17, 15) is 4.79 Å². The number of ether oxygens (including phenoxy) is 2. The maximum absolute atomic E-state index is 12.6. The Labute approximate surface area is 202 Å².